The number of nitrogens with two attached hydrogens (primary N) is 1. The number of methoxy groups -OCH3 is 1. The molecule has 0 aromatic heterocycles. The minimum atomic E-state index is -1.08. The van der Waals surface area contributed by atoms with Gasteiger partial charge in [0.1, 0.15) is 5.60 Å². The molecule has 1 aromatic rings. The summed E-state index contributed by atoms with van der Waals surface area (Å²) in [6.07, 6.45) is -1.01. The van der Waals surface area contributed by atoms with Crippen LogP contribution >= 0.6 is 0 Å². The molecule has 0 fully saturated rings. The lowest BCUT2D eigenvalue weighted by Gasteiger charge is -2.16. The highest BCUT2D eigenvalue weighted by atomic mass is 16.6. The second-order valence-electron chi connectivity index (χ2n) is 5.96. The quantitative estimate of drug-likeness (QED) is 0.422. The minimum Gasteiger partial charge on any atom is -0.486 e. The van der Waals surface area contributed by atoms with Gasteiger partial charge in [0, 0.05) is 6.07 Å². The zero-order valence-electron chi connectivity index (χ0n) is 15.4. The van der Waals surface area contributed by atoms with Crippen LogP contribution in [-0.4, -0.2) is 47.4 Å². The van der Waals surface area contributed by atoms with Crippen molar-refractivity contribution in [3.8, 4) is 5.75 Å². The molecule has 0 unspecified atom stereocenters. The van der Waals surface area contributed by atoms with Crippen molar-refractivity contribution in [1.82, 2.24) is 0 Å². The Labute approximate surface area is 155 Å². The zero-order valence-corrected chi connectivity index (χ0v) is 15.4. The Morgan fingerprint density at radius 3 is 2.22 bits per heavy atom. The van der Waals surface area contributed by atoms with Crippen molar-refractivity contribution >= 4 is 23.7 Å². The van der Waals surface area contributed by atoms with Crippen LogP contribution < -0.4 is 10.5 Å². The number of nitro benzene ring substituents is 1. The number of esters is 1. The number of primary amides is 1. The number of ether oxygens (including phenoxy) is 3. The van der Waals surface area contributed by atoms with Gasteiger partial charge in [0.25, 0.3) is 0 Å². The van der Waals surface area contributed by atoms with E-state index in [0.717, 1.165) is 13.2 Å². The maximum atomic E-state index is 11.2. The summed E-state index contributed by atoms with van der Waals surface area (Å²) >= 11 is 0. The summed E-state index contributed by atoms with van der Waals surface area (Å²) in [4.78, 5) is 41.7. The van der Waals surface area contributed by atoms with Crippen LogP contribution in [0, 0.1) is 10.1 Å². The third kappa shape index (κ3) is 10.3. The van der Waals surface area contributed by atoms with Gasteiger partial charge in [-0.15, -0.1) is 0 Å². The average molecular weight is 386 g/mol. The molecule has 0 aliphatic heterocycles. The van der Waals surface area contributed by atoms with E-state index in [4.69, 9.17) is 15.6 Å². The Hall–Kier alpha value is -3.37. The number of hydrogen-bond acceptors (Lipinski definition) is 8. The predicted molar refractivity (Wildman–Crippen MR) is 92.6 cm³/mol. The van der Waals surface area contributed by atoms with Crippen molar-refractivity contribution in [1.29, 1.82) is 0 Å². The molecule has 11 nitrogen and oxygen atoms in total. The summed E-state index contributed by atoms with van der Waals surface area (Å²) in [5.74, 6) is -1.88. The normalized spacial score (nSPS) is 10.1. The number of carbonyl (C=O) groups excluding carboxylic acids is 2. The van der Waals surface area contributed by atoms with Crippen molar-refractivity contribution in [2.24, 2.45) is 5.73 Å². The van der Waals surface area contributed by atoms with E-state index in [1.165, 1.54) is 12.1 Å². The maximum Gasteiger partial charge on any atom is 0.405 e. The van der Waals surface area contributed by atoms with Gasteiger partial charge in [-0.2, -0.15) is 0 Å². The van der Waals surface area contributed by atoms with Crippen LogP contribution in [0.5, 0.6) is 5.75 Å². The highest BCUT2D eigenvalue weighted by Gasteiger charge is 2.19. The molecule has 150 valence electrons. The van der Waals surface area contributed by atoms with Gasteiger partial charge in [-0.1, -0.05) is 0 Å². The number of rotatable bonds is 6. The second kappa shape index (κ2) is 10.6. The van der Waals surface area contributed by atoms with Crippen LogP contribution in [0.4, 0.5) is 10.5 Å². The molecule has 11 heteroatoms. The van der Waals surface area contributed by atoms with E-state index in [2.05, 4.69) is 9.47 Å². The highest BCUT2D eigenvalue weighted by Crippen LogP contribution is 2.28. The topological polar surface area (TPSA) is 168 Å². The molecule has 1 aromatic carbocycles. The molecule has 0 bridgehead atoms. The number of carboxylic acid groups (broad SMARTS) is 1. The Kier molecular flexibility index (Phi) is 9.26. The largest absolute Gasteiger partial charge is 0.486 e. The van der Waals surface area contributed by atoms with Crippen molar-refractivity contribution in [3.05, 3.63) is 33.9 Å². The van der Waals surface area contributed by atoms with Crippen molar-refractivity contribution < 1.29 is 38.6 Å². The minimum absolute atomic E-state index is 0.0137. The molecule has 0 aliphatic carbocycles. The van der Waals surface area contributed by atoms with Crippen LogP contribution in [0.3, 0.4) is 0 Å². The SMILES string of the molecule is CC(C)(C)OC(N)=O.COC(=O)c1ccc(OCCC(=O)O)c([N+](=O)[O-])c1. The number of carboxylic acids is 1. The van der Waals surface area contributed by atoms with Gasteiger partial charge in [-0.05, 0) is 32.9 Å². The van der Waals surface area contributed by atoms with Gasteiger partial charge in [-0.3, -0.25) is 14.9 Å². The fourth-order valence-corrected chi connectivity index (χ4v) is 1.58. The molecule has 27 heavy (non-hydrogen) atoms. The predicted octanol–water partition coefficient (Wildman–Crippen LogP) is 2.12. The first kappa shape index (κ1) is 23.6. The first-order chi connectivity index (χ1) is 12.4. The average Bonchev–Trinajstić information content (AvgIpc) is 2.52. The Morgan fingerprint density at radius 2 is 1.85 bits per heavy atom. The van der Waals surface area contributed by atoms with E-state index in [0.29, 0.717) is 0 Å². The summed E-state index contributed by atoms with van der Waals surface area (Å²) in [7, 11) is 1.16. The number of nitrogens with zero attached hydrogens (tertiary/aromatic N) is 1. The van der Waals surface area contributed by atoms with Crippen LogP contribution in [0.15, 0.2) is 18.2 Å². The molecular formula is C16H22N2O9. The monoisotopic (exact) mass is 386 g/mol. The van der Waals surface area contributed by atoms with Crippen LogP contribution in [0.1, 0.15) is 37.6 Å². The number of amides is 1. The summed E-state index contributed by atoms with van der Waals surface area (Å²) in [6.45, 7) is 5.08. The molecule has 1 amide bonds. The smallest absolute Gasteiger partial charge is 0.405 e. The summed E-state index contributed by atoms with van der Waals surface area (Å²) in [6, 6.07) is 3.54. The number of hydrogen-bond donors (Lipinski definition) is 2. The van der Waals surface area contributed by atoms with E-state index in [-0.39, 0.29) is 24.3 Å². The Bertz CT molecular complexity index is 696. The molecule has 0 spiro atoms. The highest BCUT2D eigenvalue weighted by molar-refractivity contribution is 5.90. The van der Waals surface area contributed by atoms with E-state index in [9.17, 15) is 24.5 Å². The second-order valence-corrected chi connectivity index (χ2v) is 5.96. The van der Waals surface area contributed by atoms with Gasteiger partial charge in [0.2, 0.25) is 0 Å². The lowest BCUT2D eigenvalue weighted by atomic mass is 10.2. The molecule has 0 heterocycles. The number of carbonyl (C=O) groups is 3. The van der Waals surface area contributed by atoms with Gasteiger partial charge in [-0.25, -0.2) is 9.59 Å². The standard InChI is InChI=1S/C11H11NO7.C5H11NO2/c1-18-11(15)7-2-3-9(8(6-7)12(16)17)19-5-4-10(13)14;1-5(2,3)8-4(6)7/h2-3,6H,4-5H2,1H3,(H,13,14);1-3H3,(H2,6,7). The van der Waals surface area contributed by atoms with Gasteiger partial charge in [0.15, 0.2) is 5.75 Å². The van der Waals surface area contributed by atoms with E-state index >= 15 is 0 Å². The van der Waals surface area contributed by atoms with Crippen molar-refractivity contribution in [2.45, 2.75) is 32.8 Å². The Balaban J connectivity index is 0.000000713. The fraction of sp³-hybridized carbons (Fsp3) is 0.438. The van der Waals surface area contributed by atoms with Crippen molar-refractivity contribution in [2.75, 3.05) is 13.7 Å². The molecular weight excluding hydrogens is 364 g/mol. The molecule has 0 saturated heterocycles. The first-order valence-electron chi connectivity index (χ1n) is 7.57. The molecule has 1 rings (SSSR count). The van der Waals surface area contributed by atoms with Crippen molar-refractivity contribution in [3.63, 3.8) is 0 Å². The van der Waals surface area contributed by atoms with Gasteiger partial charge in [0.05, 0.1) is 30.6 Å². The molecule has 0 aliphatic rings. The fourth-order valence-electron chi connectivity index (χ4n) is 1.58. The summed E-state index contributed by atoms with van der Waals surface area (Å²) < 4.78 is 14.0. The number of benzene rings is 1. The van der Waals surface area contributed by atoms with E-state index in [1.54, 1.807) is 20.8 Å². The first-order valence-corrected chi connectivity index (χ1v) is 7.57. The van der Waals surface area contributed by atoms with Crippen LogP contribution in [0.2, 0.25) is 0 Å². The third-order valence-electron chi connectivity index (χ3n) is 2.56. The van der Waals surface area contributed by atoms with Gasteiger partial charge >= 0.3 is 23.7 Å². The van der Waals surface area contributed by atoms with Crippen LogP contribution in [0.25, 0.3) is 0 Å². The molecule has 3 N–H and O–H groups in total. The molecule has 0 atom stereocenters. The lowest BCUT2D eigenvalue weighted by molar-refractivity contribution is -0.385. The zero-order chi connectivity index (χ0) is 21.2. The third-order valence-corrected chi connectivity index (χ3v) is 2.56. The van der Waals surface area contributed by atoms with E-state index in [1.807, 2.05) is 0 Å². The molecule has 0 saturated carbocycles. The van der Waals surface area contributed by atoms with Crippen LogP contribution in [-0.2, 0) is 14.3 Å². The lowest BCUT2D eigenvalue weighted by Crippen LogP contribution is -2.27. The maximum absolute atomic E-state index is 11.2. The van der Waals surface area contributed by atoms with Gasteiger partial charge < -0.3 is 25.1 Å². The summed E-state index contributed by atoms with van der Waals surface area (Å²) in [5, 5.41) is 19.3. The summed E-state index contributed by atoms with van der Waals surface area (Å²) in [5.41, 5.74) is 3.86. The number of nitro groups is 1. The van der Waals surface area contributed by atoms with E-state index < -0.39 is 34.2 Å². The molecule has 0 radical (unpaired) electrons. The number of aliphatic carboxylic acids is 1. The Morgan fingerprint density at radius 1 is 1.26 bits per heavy atom.